The summed E-state index contributed by atoms with van der Waals surface area (Å²) in [6, 6.07) is 0. The molecular formula is C11H25O4P. The molecule has 0 N–H and O–H groups in total. The van der Waals surface area contributed by atoms with Crippen molar-refractivity contribution in [3.8, 4) is 0 Å². The third-order valence-corrected chi connectivity index (χ3v) is 4.18. The van der Waals surface area contributed by atoms with Crippen LogP contribution in [0.5, 0.6) is 0 Å². The molecule has 5 heteroatoms. The average Bonchev–Trinajstić information content (AvgIpc) is 2.24. The largest absolute Gasteiger partial charge is 0.381 e. The van der Waals surface area contributed by atoms with Crippen molar-refractivity contribution in [3.05, 3.63) is 0 Å². The fourth-order valence-corrected chi connectivity index (χ4v) is 2.90. The molecule has 0 aliphatic heterocycles. The van der Waals surface area contributed by atoms with E-state index < -0.39 is 7.60 Å². The summed E-state index contributed by atoms with van der Waals surface area (Å²) in [5.41, 5.74) is 0. The maximum Gasteiger partial charge on any atom is 0.330 e. The van der Waals surface area contributed by atoms with Gasteiger partial charge in [0.25, 0.3) is 0 Å². The topological polar surface area (TPSA) is 44.8 Å². The molecule has 16 heavy (non-hydrogen) atoms. The fourth-order valence-electron chi connectivity index (χ4n) is 1.27. The first kappa shape index (κ1) is 16.1. The summed E-state index contributed by atoms with van der Waals surface area (Å²) in [7, 11) is -2.85. The Bertz CT molecular complexity index is 186. The molecule has 98 valence electrons. The van der Waals surface area contributed by atoms with Crippen LogP contribution in [-0.2, 0) is 18.3 Å². The van der Waals surface area contributed by atoms with E-state index in [9.17, 15) is 4.57 Å². The highest BCUT2D eigenvalue weighted by molar-refractivity contribution is 7.53. The fraction of sp³-hybridized carbons (Fsp3) is 1.00. The van der Waals surface area contributed by atoms with Crippen molar-refractivity contribution < 1.29 is 18.3 Å². The van der Waals surface area contributed by atoms with Crippen LogP contribution in [-0.4, -0.2) is 32.6 Å². The van der Waals surface area contributed by atoms with Crippen molar-refractivity contribution in [2.45, 2.75) is 40.0 Å². The number of ether oxygens (including phenoxy) is 1. The van der Waals surface area contributed by atoms with E-state index in [1.165, 1.54) is 0 Å². The maximum absolute atomic E-state index is 12.0. The molecule has 0 aromatic rings. The van der Waals surface area contributed by atoms with Crippen LogP contribution in [0, 0.1) is 0 Å². The Morgan fingerprint density at radius 1 is 0.938 bits per heavy atom. The Kier molecular flexibility index (Phi) is 10.3. The Labute approximate surface area is 99.2 Å². The van der Waals surface area contributed by atoms with E-state index in [0.29, 0.717) is 26.0 Å². The summed E-state index contributed by atoms with van der Waals surface area (Å²) in [6.07, 6.45) is 3.38. The van der Waals surface area contributed by atoms with Gasteiger partial charge in [0.15, 0.2) is 0 Å². The highest BCUT2D eigenvalue weighted by atomic mass is 31.2. The normalized spacial score (nSPS) is 11.9. The molecule has 0 saturated heterocycles. The van der Waals surface area contributed by atoms with Gasteiger partial charge in [0, 0.05) is 13.2 Å². The minimum absolute atomic E-state index is 0.425. The molecule has 0 heterocycles. The van der Waals surface area contributed by atoms with Gasteiger partial charge in [0.2, 0.25) is 0 Å². The standard InChI is InChI=1S/C11H25O4P/c1-4-7-9-13-10-8-11-16(12,14-5-2)15-6-3/h4-11H2,1-3H3. The Morgan fingerprint density at radius 2 is 1.50 bits per heavy atom. The molecule has 0 aromatic carbocycles. The van der Waals surface area contributed by atoms with E-state index in [-0.39, 0.29) is 0 Å². The summed E-state index contributed by atoms with van der Waals surface area (Å²) >= 11 is 0. The van der Waals surface area contributed by atoms with Gasteiger partial charge in [-0.05, 0) is 26.7 Å². The first-order chi connectivity index (χ1) is 7.68. The number of hydrogen-bond acceptors (Lipinski definition) is 4. The lowest BCUT2D eigenvalue weighted by Gasteiger charge is -2.16. The minimum Gasteiger partial charge on any atom is -0.381 e. The maximum atomic E-state index is 12.0. The second-order valence-electron chi connectivity index (χ2n) is 3.49. The molecule has 0 aliphatic carbocycles. The van der Waals surface area contributed by atoms with Crippen molar-refractivity contribution in [2.75, 3.05) is 32.6 Å². The predicted octanol–water partition coefficient (Wildman–Crippen LogP) is 3.46. The molecule has 0 atom stereocenters. The van der Waals surface area contributed by atoms with Gasteiger partial charge in [-0.1, -0.05) is 13.3 Å². The minimum atomic E-state index is -2.85. The van der Waals surface area contributed by atoms with Gasteiger partial charge in [-0.2, -0.15) is 0 Å². The van der Waals surface area contributed by atoms with E-state index in [0.717, 1.165) is 25.9 Å². The van der Waals surface area contributed by atoms with Crippen molar-refractivity contribution >= 4 is 7.60 Å². The van der Waals surface area contributed by atoms with Gasteiger partial charge in [-0.3, -0.25) is 4.57 Å². The van der Waals surface area contributed by atoms with E-state index >= 15 is 0 Å². The van der Waals surface area contributed by atoms with Gasteiger partial charge in [-0.25, -0.2) is 0 Å². The van der Waals surface area contributed by atoms with Crippen LogP contribution in [0.25, 0.3) is 0 Å². The molecule has 0 unspecified atom stereocenters. The number of rotatable bonds is 11. The van der Waals surface area contributed by atoms with Crippen LogP contribution in [0.4, 0.5) is 0 Å². The summed E-state index contributed by atoms with van der Waals surface area (Å²) in [5, 5.41) is 0. The SMILES string of the molecule is CCCCOCCCP(=O)(OCC)OCC. The summed E-state index contributed by atoms with van der Waals surface area (Å²) in [4.78, 5) is 0. The highest BCUT2D eigenvalue weighted by Gasteiger charge is 2.22. The predicted molar refractivity (Wildman–Crippen MR) is 66.1 cm³/mol. The zero-order chi connectivity index (χ0) is 12.3. The van der Waals surface area contributed by atoms with E-state index in [1.807, 2.05) is 13.8 Å². The van der Waals surface area contributed by atoms with Gasteiger partial charge in [0.05, 0.1) is 19.4 Å². The molecule has 0 fully saturated rings. The van der Waals surface area contributed by atoms with Crippen molar-refractivity contribution in [3.63, 3.8) is 0 Å². The lowest BCUT2D eigenvalue weighted by atomic mass is 10.4. The lowest BCUT2D eigenvalue weighted by Crippen LogP contribution is -2.04. The zero-order valence-electron chi connectivity index (χ0n) is 10.7. The molecule has 0 bridgehead atoms. The Morgan fingerprint density at radius 3 is 2.00 bits per heavy atom. The second-order valence-corrected chi connectivity index (χ2v) is 5.67. The molecule has 4 nitrogen and oxygen atoms in total. The van der Waals surface area contributed by atoms with E-state index in [1.54, 1.807) is 0 Å². The number of unbranched alkanes of at least 4 members (excludes halogenated alkanes) is 1. The zero-order valence-corrected chi connectivity index (χ0v) is 11.6. The first-order valence-corrected chi connectivity index (χ1v) is 7.87. The Hall–Kier alpha value is 0.110. The van der Waals surface area contributed by atoms with Gasteiger partial charge in [0.1, 0.15) is 0 Å². The summed E-state index contributed by atoms with van der Waals surface area (Å²) in [6.45, 7) is 8.03. The first-order valence-electron chi connectivity index (χ1n) is 6.14. The van der Waals surface area contributed by atoms with Crippen molar-refractivity contribution in [1.29, 1.82) is 0 Å². The molecule has 0 aromatic heterocycles. The Balaban J connectivity index is 3.64. The third kappa shape index (κ3) is 8.28. The van der Waals surface area contributed by atoms with Gasteiger partial charge >= 0.3 is 7.60 Å². The lowest BCUT2D eigenvalue weighted by molar-refractivity contribution is 0.130. The van der Waals surface area contributed by atoms with Gasteiger partial charge < -0.3 is 13.8 Å². The average molecular weight is 252 g/mol. The molecule has 0 aliphatic rings. The van der Waals surface area contributed by atoms with Crippen molar-refractivity contribution in [2.24, 2.45) is 0 Å². The van der Waals surface area contributed by atoms with Crippen LogP contribution in [0.3, 0.4) is 0 Å². The summed E-state index contributed by atoms with van der Waals surface area (Å²) < 4.78 is 27.7. The summed E-state index contributed by atoms with van der Waals surface area (Å²) in [5.74, 6) is 0. The molecule has 0 radical (unpaired) electrons. The van der Waals surface area contributed by atoms with Crippen LogP contribution in [0.15, 0.2) is 0 Å². The van der Waals surface area contributed by atoms with Crippen LogP contribution in [0.2, 0.25) is 0 Å². The van der Waals surface area contributed by atoms with Crippen LogP contribution >= 0.6 is 7.60 Å². The monoisotopic (exact) mass is 252 g/mol. The molecule has 0 saturated carbocycles. The molecule has 0 spiro atoms. The molecule has 0 amide bonds. The quantitative estimate of drug-likeness (QED) is 0.417. The van der Waals surface area contributed by atoms with Crippen LogP contribution < -0.4 is 0 Å². The van der Waals surface area contributed by atoms with E-state index in [2.05, 4.69) is 6.92 Å². The molecule has 0 rings (SSSR count). The van der Waals surface area contributed by atoms with Crippen molar-refractivity contribution in [1.82, 2.24) is 0 Å². The smallest absolute Gasteiger partial charge is 0.330 e. The van der Waals surface area contributed by atoms with Gasteiger partial charge in [-0.15, -0.1) is 0 Å². The second kappa shape index (κ2) is 10.3. The number of hydrogen-bond donors (Lipinski definition) is 0. The molecular weight excluding hydrogens is 227 g/mol. The highest BCUT2D eigenvalue weighted by Crippen LogP contribution is 2.48. The van der Waals surface area contributed by atoms with E-state index in [4.69, 9.17) is 13.8 Å². The third-order valence-electron chi connectivity index (χ3n) is 2.01. The van der Waals surface area contributed by atoms with Crippen LogP contribution in [0.1, 0.15) is 40.0 Å².